The lowest BCUT2D eigenvalue weighted by Crippen LogP contribution is -2.22. The van der Waals surface area contributed by atoms with Gasteiger partial charge in [0.25, 0.3) is 0 Å². The predicted molar refractivity (Wildman–Crippen MR) is 108 cm³/mol. The lowest BCUT2D eigenvalue weighted by Gasteiger charge is -2.14. The van der Waals surface area contributed by atoms with E-state index in [4.69, 9.17) is 23.2 Å². The topological polar surface area (TPSA) is 70.2 Å². The number of aryl methyl sites for hydroxylation is 1. The standard InChI is InChI=1S/C19H21Cl2N3O2/c1-11(2)19(26)23-13-8-7-12(3)16(9-13)22-10-17(25)24-15-6-4-5-14(20)18(15)21/h4-9,11,22H,10H2,1-3H3,(H,23,26)(H,24,25). The molecule has 0 saturated heterocycles. The molecule has 2 aromatic rings. The van der Waals surface area contributed by atoms with Gasteiger partial charge in [0.2, 0.25) is 11.8 Å². The number of nitrogens with one attached hydrogen (secondary N) is 3. The molecule has 0 aliphatic heterocycles. The van der Waals surface area contributed by atoms with Crippen LogP contribution >= 0.6 is 23.2 Å². The summed E-state index contributed by atoms with van der Waals surface area (Å²) < 4.78 is 0. The number of amides is 2. The van der Waals surface area contributed by atoms with E-state index in [0.29, 0.717) is 21.4 Å². The largest absolute Gasteiger partial charge is 0.376 e. The third-order valence-electron chi connectivity index (χ3n) is 3.69. The molecule has 0 saturated carbocycles. The summed E-state index contributed by atoms with van der Waals surface area (Å²) in [4.78, 5) is 24.0. The van der Waals surface area contributed by atoms with E-state index in [-0.39, 0.29) is 24.3 Å². The highest BCUT2D eigenvalue weighted by molar-refractivity contribution is 6.44. The van der Waals surface area contributed by atoms with E-state index in [9.17, 15) is 9.59 Å². The van der Waals surface area contributed by atoms with Crippen LogP contribution in [0.4, 0.5) is 17.1 Å². The Kier molecular flexibility index (Phi) is 6.89. The normalized spacial score (nSPS) is 10.5. The van der Waals surface area contributed by atoms with Crippen molar-refractivity contribution in [3.63, 3.8) is 0 Å². The molecule has 0 aliphatic rings. The molecule has 0 spiro atoms. The van der Waals surface area contributed by atoms with Crippen LogP contribution in [-0.2, 0) is 9.59 Å². The molecule has 2 aromatic carbocycles. The van der Waals surface area contributed by atoms with Gasteiger partial charge in [-0.2, -0.15) is 0 Å². The Morgan fingerprint density at radius 3 is 2.46 bits per heavy atom. The number of benzene rings is 2. The molecule has 138 valence electrons. The van der Waals surface area contributed by atoms with Gasteiger partial charge in [0.1, 0.15) is 0 Å². The summed E-state index contributed by atoms with van der Waals surface area (Å²) in [6, 6.07) is 10.5. The second-order valence-electron chi connectivity index (χ2n) is 6.18. The number of carbonyl (C=O) groups excluding carboxylic acids is 2. The van der Waals surface area contributed by atoms with E-state index in [1.165, 1.54) is 0 Å². The lowest BCUT2D eigenvalue weighted by molar-refractivity contribution is -0.119. The molecular formula is C19H21Cl2N3O2. The van der Waals surface area contributed by atoms with Gasteiger partial charge in [-0.05, 0) is 36.8 Å². The number of hydrogen-bond acceptors (Lipinski definition) is 3. The van der Waals surface area contributed by atoms with E-state index in [0.717, 1.165) is 11.3 Å². The maximum Gasteiger partial charge on any atom is 0.243 e. The van der Waals surface area contributed by atoms with Gasteiger partial charge in [0.05, 0.1) is 22.3 Å². The van der Waals surface area contributed by atoms with E-state index in [1.807, 2.05) is 32.9 Å². The van der Waals surface area contributed by atoms with E-state index in [2.05, 4.69) is 16.0 Å². The summed E-state index contributed by atoms with van der Waals surface area (Å²) in [5, 5.41) is 9.30. The molecule has 3 N–H and O–H groups in total. The fraction of sp³-hybridized carbons (Fsp3) is 0.263. The lowest BCUT2D eigenvalue weighted by atomic mass is 10.1. The molecule has 0 aliphatic carbocycles. The monoisotopic (exact) mass is 393 g/mol. The quantitative estimate of drug-likeness (QED) is 0.650. The molecule has 5 nitrogen and oxygen atoms in total. The van der Waals surface area contributed by atoms with Gasteiger partial charge in [-0.25, -0.2) is 0 Å². The Morgan fingerprint density at radius 2 is 1.77 bits per heavy atom. The first-order chi connectivity index (χ1) is 12.3. The molecule has 0 atom stereocenters. The Morgan fingerprint density at radius 1 is 1.04 bits per heavy atom. The summed E-state index contributed by atoms with van der Waals surface area (Å²) in [7, 11) is 0. The molecule has 2 amide bonds. The number of rotatable bonds is 6. The first-order valence-corrected chi connectivity index (χ1v) is 8.92. The highest BCUT2D eigenvalue weighted by atomic mass is 35.5. The van der Waals surface area contributed by atoms with Crippen molar-refractivity contribution >= 4 is 52.1 Å². The Bertz CT molecular complexity index is 822. The molecular weight excluding hydrogens is 373 g/mol. The first-order valence-electron chi connectivity index (χ1n) is 8.17. The number of anilines is 3. The Labute approximate surface area is 163 Å². The Hall–Kier alpha value is -2.24. The van der Waals surface area contributed by atoms with E-state index < -0.39 is 0 Å². The highest BCUT2D eigenvalue weighted by Crippen LogP contribution is 2.29. The molecule has 0 aromatic heterocycles. The average Bonchev–Trinajstić information content (AvgIpc) is 2.59. The van der Waals surface area contributed by atoms with Crippen LogP contribution in [0.25, 0.3) is 0 Å². The van der Waals surface area contributed by atoms with Crippen LogP contribution in [0.15, 0.2) is 36.4 Å². The van der Waals surface area contributed by atoms with Gasteiger partial charge in [-0.15, -0.1) is 0 Å². The third kappa shape index (κ3) is 5.38. The van der Waals surface area contributed by atoms with Crippen molar-refractivity contribution in [3.8, 4) is 0 Å². The van der Waals surface area contributed by atoms with Crippen LogP contribution in [0, 0.1) is 12.8 Å². The van der Waals surface area contributed by atoms with Crippen molar-refractivity contribution in [2.75, 3.05) is 22.5 Å². The molecule has 26 heavy (non-hydrogen) atoms. The molecule has 0 heterocycles. The van der Waals surface area contributed by atoms with Crippen LogP contribution in [0.5, 0.6) is 0 Å². The van der Waals surface area contributed by atoms with Crippen molar-refractivity contribution in [2.24, 2.45) is 5.92 Å². The predicted octanol–water partition coefficient (Wildman–Crippen LogP) is 4.95. The number of halogens is 2. The van der Waals surface area contributed by atoms with Gasteiger partial charge in [-0.3, -0.25) is 9.59 Å². The number of carbonyl (C=O) groups is 2. The maximum atomic E-state index is 12.2. The van der Waals surface area contributed by atoms with Gasteiger partial charge in [-0.1, -0.05) is 49.2 Å². The number of hydrogen-bond donors (Lipinski definition) is 3. The van der Waals surface area contributed by atoms with E-state index >= 15 is 0 Å². The minimum Gasteiger partial charge on any atom is -0.376 e. The zero-order chi connectivity index (χ0) is 19.3. The molecule has 0 bridgehead atoms. The minimum atomic E-state index is -0.259. The summed E-state index contributed by atoms with van der Waals surface area (Å²) in [6.07, 6.45) is 0. The molecule has 0 radical (unpaired) electrons. The average molecular weight is 394 g/mol. The molecule has 7 heteroatoms. The SMILES string of the molecule is Cc1ccc(NC(=O)C(C)C)cc1NCC(=O)Nc1cccc(Cl)c1Cl. The fourth-order valence-corrected chi connectivity index (χ4v) is 2.49. The molecule has 0 unspecified atom stereocenters. The van der Waals surface area contributed by atoms with Crippen LogP contribution in [0.3, 0.4) is 0 Å². The second kappa shape index (κ2) is 8.92. The maximum absolute atomic E-state index is 12.2. The van der Waals surface area contributed by atoms with Crippen molar-refractivity contribution in [1.82, 2.24) is 0 Å². The molecule has 0 fully saturated rings. The van der Waals surface area contributed by atoms with E-state index in [1.54, 1.807) is 24.3 Å². The van der Waals surface area contributed by atoms with Crippen LogP contribution in [-0.4, -0.2) is 18.4 Å². The summed E-state index contributed by atoms with van der Waals surface area (Å²) >= 11 is 12.0. The zero-order valence-electron chi connectivity index (χ0n) is 14.8. The van der Waals surface area contributed by atoms with Gasteiger partial charge in [0, 0.05) is 17.3 Å². The van der Waals surface area contributed by atoms with Crippen LogP contribution < -0.4 is 16.0 Å². The summed E-state index contributed by atoms with van der Waals surface area (Å²) in [5.41, 5.74) is 2.86. The van der Waals surface area contributed by atoms with Crippen molar-refractivity contribution in [1.29, 1.82) is 0 Å². The van der Waals surface area contributed by atoms with Gasteiger partial charge in [0.15, 0.2) is 0 Å². The minimum absolute atomic E-state index is 0.0469. The highest BCUT2D eigenvalue weighted by Gasteiger charge is 2.10. The van der Waals surface area contributed by atoms with Gasteiger partial charge < -0.3 is 16.0 Å². The summed E-state index contributed by atoms with van der Waals surface area (Å²) in [6.45, 7) is 5.62. The fourth-order valence-electron chi connectivity index (χ4n) is 2.15. The smallest absolute Gasteiger partial charge is 0.243 e. The van der Waals surface area contributed by atoms with Crippen molar-refractivity contribution in [2.45, 2.75) is 20.8 Å². The third-order valence-corrected chi connectivity index (χ3v) is 4.51. The van der Waals surface area contributed by atoms with Crippen molar-refractivity contribution in [3.05, 3.63) is 52.0 Å². The van der Waals surface area contributed by atoms with Gasteiger partial charge >= 0.3 is 0 Å². The Balaban J connectivity index is 2.01. The van der Waals surface area contributed by atoms with Crippen LogP contribution in [0.2, 0.25) is 10.0 Å². The second-order valence-corrected chi connectivity index (χ2v) is 6.96. The van der Waals surface area contributed by atoms with Crippen molar-refractivity contribution < 1.29 is 9.59 Å². The van der Waals surface area contributed by atoms with Crippen LogP contribution in [0.1, 0.15) is 19.4 Å². The zero-order valence-corrected chi connectivity index (χ0v) is 16.3. The summed E-state index contributed by atoms with van der Waals surface area (Å²) in [5.74, 6) is -0.431. The first kappa shape index (κ1) is 20.1. The molecule has 2 rings (SSSR count).